The molecule has 0 aromatic carbocycles. The average Bonchev–Trinajstić information content (AvgIpc) is 3.10. The van der Waals surface area contributed by atoms with Crippen molar-refractivity contribution < 1.29 is 9.90 Å². The number of aromatic nitrogens is 2. The minimum atomic E-state index is -0.701. The molecular formula is C15H23N3O2. The van der Waals surface area contributed by atoms with Gasteiger partial charge in [0.25, 0.3) is 0 Å². The summed E-state index contributed by atoms with van der Waals surface area (Å²) in [7, 11) is 0. The van der Waals surface area contributed by atoms with Gasteiger partial charge in [0.1, 0.15) is 6.10 Å². The van der Waals surface area contributed by atoms with Crippen LogP contribution < -0.4 is 5.32 Å². The molecule has 0 bridgehead atoms. The van der Waals surface area contributed by atoms with Crippen LogP contribution in [0.2, 0.25) is 0 Å². The highest BCUT2D eigenvalue weighted by Crippen LogP contribution is 2.49. The maximum absolute atomic E-state index is 12.1. The number of imidazole rings is 1. The summed E-state index contributed by atoms with van der Waals surface area (Å²) in [4.78, 5) is 18.8. The topological polar surface area (TPSA) is 78.0 Å². The summed E-state index contributed by atoms with van der Waals surface area (Å²) in [6.45, 7) is 0.259. The van der Waals surface area contributed by atoms with Crippen molar-refractivity contribution >= 4 is 5.91 Å². The Balaban J connectivity index is 1.42. The van der Waals surface area contributed by atoms with Crippen molar-refractivity contribution in [3.05, 3.63) is 18.2 Å². The second kappa shape index (κ2) is 5.95. The fraction of sp³-hybridized carbons (Fsp3) is 0.733. The van der Waals surface area contributed by atoms with Crippen LogP contribution in [0.4, 0.5) is 0 Å². The predicted octanol–water partition coefficient (Wildman–Crippen LogP) is 1.78. The van der Waals surface area contributed by atoms with Gasteiger partial charge < -0.3 is 15.4 Å². The highest BCUT2D eigenvalue weighted by Gasteiger charge is 2.47. The lowest BCUT2D eigenvalue weighted by atomic mass is 9.85. The van der Waals surface area contributed by atoms with Gasteiger partial charge in [-0.1, -0.05) is 32.1 Å². The molecule has 110 valence electrons. The molecule has 3 rings (SSSR count). The van der Waals surface area contributed by atoms with Gasteiger partial charge >= 0.3 is 0 Å². The maximum atomic E-state index is 12.1. The monoisotopic (exact) mass is 277 g/mol. The first-order chi connectivity index (χ1) is 9.75. The Hall–Kier alpha value is -1.36. The van der Waals surface area contributed by atoms with Gasteiger partial charge in [-0.3, -0.25) is 4.79 Å². The largest absolute Gasteiger partial charge is 0.385 e. The molecule has 5 heteroatoms. The Morgan fingerprint density at radius 2 is 2.25 bits per heavy atom. The van der Waals surface area contributed by atoms with Crippen LogP contribution in [0.5, 0.6) is 0 Å². The average molecular weight is 277 g/mol. The summed E-state index contributed by atoms with van der Waals surface area (Å²) >= 11 is 0. The van der Waals surface area contributed by atoms with Gasteiger partial charge in [0.15, 0.2) is 0 Å². The van der Waals surface area contributed by atoms with Crippen molar-refractivity contribution in [3.63, 3.8) is 0 Å². The Bertz CT molecular complexity index is 440. The minimum Gasteiger partial charge on any atom is -0.385 e. The zero-order valence-electron chi connectivity index (χ0n) is 11.7. The van der Waals surface area contributed by atoms with Gasteiger partial charge in [0.05, 0.1) is 18.2 Å². The molecule has 2 aliphatic rings. The van der Waals surface area contributed by atoms with Gasteiger partial charge in [-0.2, -0.15) is 0 Å². The number of carbonyl (C=O) groups excluding carboxylic acids is 1. The quantitative estimate of drug-likeness (QED) is 0.767. The van der Waals surface area contributed by atoms with Gasteiger partial charge in [-0.05, 0) is 18.3 Å². The lowest BCUT2D eigenvalue weighted by Gasteiger charge is -2.21. The van der Waals surface area contributed by atoms with E-state index in [1.165, 1.54) is 38.4 Å². The van der Waals surface area contributed by atoms with Crippen LogP contribution in [0.1, 0.15) is 50.3 Å². The van der Waals surface area contributed by atoms with Crippen molar-refractivity contribution in [2.45, 2.75) is 44.6 Å². The van der Waals surface area contributed by atoms with Gasteiger partial charge in [-0.25, -0.2) is 4.98 Å². The van der Waals surface area contributed by atoms with E-state index in [-0.39, 0.29) is 18.4 Å². The molecule has 2 aliphatic carbocycles. The first kappa shape index (κ1) is 13.6. The molecule has 5 nitrogen and oxygen atoms in total. The highest BCUT2D eigenvalue weighted by molar-refractivity contribution is 5.81. The number of aliphatic hydroxyl groups excluding tert-OH is 1. The third kappa shape index (κ3) is 3.03. The summed E-state index contributed by atoms with van der Waals surface area (Å²) in [6, 6.07) is 0. The highest BCUT2D eigenvalue weighted by atomic mass is 16.3. The maximum Gasteiger partial charge on any atom is 0.223 e. The van der Waals surface area contributed by atoms with Crippen molar-refractivity contribution in [3.8, 4) is 0 Å². The van der Waals surface area contributed by atoms with Crippen LogP contribution in [0.3, 0.4) is 0 Å². The zero-order chi connectivity index (χ0) is 13.9. The van der Waals surface area contributed by atoms with E-state index in [2.05, 4.69) is 15.3 Å². The molecule has 3 unspecified atom stereocenters. The number of nitrogens with zero attached hydrogens (tertiary/aromatic N) is 1. The first-order valence-corrected chi connectivity index (χ1v) is 7.69. The Morgan fingerprint density at radius 1 is 1.45 bits per heavy atom. The molecule has 3 atom stereocenters. The molecule has 0 aliphatic heterocycles. The van der Waals surface area contributed by atoms with Crippen LogP contribution in [0, 0.1) is 17.8 Å². The van der Waals surface area contributed by atoms with Crippen LogP contribution in [0.15, 0.2) is 12.5 Å². The standard InChI is InChI=1S/C15H23N3O2/c19-14(13-7-16-9-18-13)8-17-15(20)12-6-11(12)10-4-2-1-3-5-10/h7,9-12,14,19H,1-6,8H2,(H,16,18)(H,17,20). The van der Waals surface area contributed by atoms with Gasteiger partial charge in [-0.15, -0.1) is 0 Å². The Labute approximate surface area is 119 Å². The molecule has 2 saturated carbocycles. The van der Waals surface area contributed by atoms with E-state index in [0.717, 1.165) is 12.3 Å². The number of hydrogen-bond donors (Lipinski definition) is 3. The number of amides is 1. The molecule has 3 N–H and O–H groups in total. The van der Waals surface area contributed by atoms with Crippen molar-refractivity contribution in [2.24, 2.45) is 17.8 Å². The number of aliphatic hydroxyl groups is 1. The second-order valence-electron chi connectivity index (χ2n) is 6.17. The summed E-state index contributed by atoms with van der Waals surface area (Å²) < 4.78 is 0. The molecule has 0 radical (unpaired) electrons. The number of carbonyl (C=O) groups is 1. The van der Waals surface area contributed by atoms with E-state index in [1.807, 2.05) is 0 Å². The lowest BCUT2D eigenvalue weighted by molar-refractivity contribution is -0.123. The molecule has 1 aromatic heterocycles. The van der Waals surface area contributed by atoms with Crippen LogP contribution >= 0.6 is 0 Å². The summed E-state index contributed by atoms with van der Waals surface area (Å²) in [5.74, 6) is 1.66. The number of H-pyrrole nitrogens is 1. The molecule has 1 amide bonds. The summed E-state index contributed by atoms with van der Waals surface area (Å²) in [6.07, 6.45) is 10.1. The van der Waals surface area contributed by atoms with E-state index in [0.29, 0.717) is 11.6 Å². The van der Waals surface area contributed by atoms with Crippen LogP contribution in [0.25, 0.3) is 0 Å². The number of hydrogen-bond acceptors (Lipinski definition) is 3. The normalized spacial score (nSPS) is 28.1. The molecule has 1 aromatic rings. The molecule has 1 heterocycles. The third-order valence-corrected chi connectivity index (χ3v) is 4.78. The lowest BCUT2D eigenvalue weighted by Crippen LogP contribution is -2.30. The van der Waals surface area contributed by atoms with E-state index in [9.17, 15) is 9.90 Å². The van der Waals surface area contributed by atoms with E-state index in [1.54, 1.807) is 6.20 Å². The fourth-order valence-corrected chi connectivity index (χ4v) is 3.49. The smallest absolute Gasteiger partial charge is 0.223 e. The van der Waals surface area contributed by atoms with Crippen LogP contribution in [-0.2, 0) is 4.79 Å². The van der Waals surface area contributed by atoms with Crippen molar-refractivity contribution in [1.82, 2.24) is 15.3 Å². The number of rotatable bonds is 5. The number of nitrogens with one attached hydrogen (secondary N) is 2. The summed E-state index contributed by atoms with van der Waals surface area (Å²) in [5.41, 5.74) is 0.643. The second-order valence-corrected chi connectivity index (χ2v) is 6.17. The first-order valence-electron chi connectivity index (χ1n) is 7.69. The van der Waals surface area contributed by atoms with Gasteiger partial charge in [0.2, 0.25) is 5.91 Å². The Kier molecular flexibility index (Phi) is 4.05. The van der Waals surface area contributed by atoms with E-state index < -0.39 is 6.10 Å². The van der Waals surface area contributed by atoms with Crippen LogP contribution in [-0.4, -0.2) is 27.5 Å². The van der Waals surface area contributed by atoms with Crippen molar-refractivity contribution in [1.29, 1.82) is 0 Å². The molecule has 0 spiro atoms. The van der Waals surface area contributed by atoms with Crippen molar-refractivity contribution in [2.75, 3.05) is 6.54 Å². The zero-order valence-corrected chi connectivity index (χ0v) is 11.7. The minimum absolute atomic E-state index is 0.110. The third-order valence-electron chi connectivity index (χ3n) is 4.78. The molecular weight excluding hydrogens is 254 g/mol. The molecule has 20 heavy (non-hydrogen) atoms. The van der Waals surface area contributed by atoms with Gasteiger partial charge in [0, 0.05) is 12.5 Å². The fourth-order valence-electron chi connectivity index (χ4n) is 3.49. The SMILES string of the molecule is O=C(NCC(O)c1cnc[nH]1)C1CC1C1CCCCC1. The molecule has 2 fully saturated rings. The summed E-state index contributed by atoms with van der Waals surface area (Å²) in [5, 5.41) is 12.8. The molecule has 0 saturated heterocycles. The van der Waals surface area contributed by atoms with E-state index >= 15 is 0 Å². The number of aromatic amines is 1. The van der Waals surface area contributed by atoms with E-state index in [4.69, 9.17) is 0 Å². The predicted molar refractivity (Wildman–Crippen MR) is 74.7 cm³/mol. The Morgan fingerprint density at radius 3 is 2.95 bits per heavy atom.